The summed E-state index contributed by atoms with van der Waals surface area (Å²) in [4.78, 5) is 15.7. The lowest BCUT2D eigenvalue weighted by atomic mass is 9.98. The highest BCUT2D eigenvalue weighted by molar-refractivity contribution is 7.26. The van der Waals surface area contributed by atoms with Crippen LogP contribution >= 0.6 is 11.3 Å². The predicted molar refractivity (Wildman–Crippen MR) is 247 cm³/mol. The van der Waals surface area contributed by atoms with Gasteiger partial charge in [0.05, 0.1) is 33.6 Å². The zero-order valence-electron chi connectivity index (χ0n) is 31.6. The van der Waals surface area contributed by atoms with E-state index in [0.29, 0.717) is 17.5 Å². The van der Waals surface area contributed by atoms with E-state index in [1.165, 1.54) is 80.1 Å². The van der Waals surface area contributed by atoms with Crippen LogP contribution in [0.25, 0.3) is 119 Å². The molecule has 0 N–H and O–H groups in total. The van der Waals surface area contributed by atoms with E-state index in [1.807, 2.05) is 11.3 Å². The third kappa shape index (κ3) is 4.36. The minimum Gasteiger partial charge on any atom is -0.333 e. The van der Waals surface area contributed by atoms with Crippen LogP contribution in [-0.2, 0) is 0 Å². The van der Waals surface area contributed by atoms with Crippen molar-refractivity contribution in [1.29, 1.82) is 0 Å². The number of para-hydroxylation sites is 1. The molecule has 6 heteroatoms. The molecule has 1 aliphatic rings. The molecule has 0 aliphatic heterocycles. The summed E-state index contributed by atoms with van der Waals surface area (Å²) >= 11 is 1.91. The average molecular weight is 770 g/mol. The summed E-state index contributed by atoms with van der Waals surface area (Å²) in [6, 6.07) is 55.0. The molecule has 5 heterocycles. The zero-order valence-corrected chi connectivity index (χ0v) is 32.4. The summed E-state index contributed by atoms with van der Waals surface area (Å²) in [5.41, 5.74) is 9.34. The Labute approximate surface area is 341 Å². The van der Waals surface area contributed by atoms with Crippen molar-refractivity contribution in [1.82, 2.24) is 23.9 Å². The lowest BCUT2D eigenvalue weighted by Crippen LogP contribution is -2.11. The van der Waals surface area contributed by atoms with Gasteiger partial charge in [-0.2, -0.15) is 0 Å². The Bertz CT molecular complexity index is 3860. The molecule has 1 aliphatic carbocycles. The van der Waals surface area contributed by atoms with Gasteiger partial charge in [0.15, 0.2) is 17.5 Å². The summed E-state index contributed by atoms with van der Waals surface area (Å²) in [6.45, 7) is 0. The van der Waals surface area contributed by atoms with E-state index in [1.54, 1.807) is 0 Å². The molecule has 59 heavy (non-hydrogen) atoms. The first kappa shape index (κ1) is 31.6. The van der Waals surface area contributed by atoms with Gasteiger partial charge in [-0.3, -0.25) is 0 Å². The molecule has 0 amide bonds. The van der Waals surface area contributed by atoms with Crippen LogP contribution < -0.4 is 0 Å². The Hall–Kier alpha value is -7.41. The Kier molecular flexibility index (Phi) is 6.22. The lowest BCUT2D eigenvalue weighted by molar-refractivity contribution is 0.654. The fourth-order valence-corrected chi connectivity index (χ4v) is 11.3. The van der Waals surface area contributed by atoms with Gasteiger partial charge in [-0.05, 0) is 75.6 Å². The predicted octanol–water partition coefficient (Wildman–Crippen LogP) is 14.0. The first-order valence-corrected chi connectivity index (χ1v) is 21.0. The van der Waals surface area contributed by atoms with E-state index in [0.717, 1.165) is 33.9 Å². The number of hydrogen-bond acceptors (Lipinski definition) is 4. The molecule has 1 unspecified atom stereocenters. The highest BCUT2D eigenvalue weighted by Crippen LogP contribution is 2.50. The number of thiophene rings is 1. The molecule has 0 fully saturated rings. The Morgan fingerprint density at radius 2 is 1.10 bits per heavy atom. The molecule has 0 bridgehead atoms. The largest absolute Gasteiger partial charge is 0.333 e. The monoisotopic (exact) mass is 769 g/mol. The zero-order chi connectivity index (χ0) is 38.3. The number of rotatable bonds is 4. The van der Waals surface area contributed by atoms with Gasteiger partial charge in [-0.15, -0.1) is 11.3 Å². The van der Waals surface area contributed by atoms with Crippen molar-refractivity contribution in [3.63, 3.8) is 0 Å². The Morgan fingerprint density at radius 3 is 1.88 bits per heavy atom. The van der Waals surface area contributed by atoms with Crippen LogP contribution in [0.15, 0.2) is 170 Å². The van der Waals surface area contributed by atoms with Gasteiger partial charge in [0, 0.05) is 59.3 Å². The van der Waals surface area contributed by atoms with Gasteiger partial charge in [0.1, 0.15) is 0 Å². The third-order valence-electron chi connectivity index (χ3n) is 12.8. The maximum Gasteiger partial charge on any atom is 0.164 e. The van der Waals surface area contributed by atoms with Gasteiger partial charge in [-0.1, -0.05) is 121 Å². The first-order valence-electron chi connectivity index (χ1n) is 20.2. The number of nitrogens with zero attached hydrogens (tertiary/aromatic N) is 5. The molecule has 0 radical (unpaired) electrons. The molecule has 0 saturated heterocycles. The number of allylic oxidation sites excluding steroid dienone is 4. The fourth-order valence-electron chi connectivity index (χ4n) is 10.2. The van der Waals surface area contributed by atoms with Crippen LogP contribution in [0.2, 0.25) is 0 Å². The summed E-state index contributed by atoms with van der Waals surface area (Å²) in [6.07, 6.45) is 7.48. The summed E-state index contributed by atoms with van der Waals surface area (Å²) in [5.74, 6) is 2.06. The number of benzene rings is 8. The molecule has 5 nitrogen and oxygen atoms in total. The lowest BCUT2D eigenvalue weighted by Gasteiger charge is -2.22. The number of fused-ring (bicyclic) bond motifs is 6. The molecule has 0 spiro atoms. The summed E-state index contributed by atoms with van der Waals surface area (Å²) < 4.78 is 7.79. The standard InChI is InChI=1S/C53H31N5S/c1-3-11-32-27-35(21-19-30(32)9-1)52-54-51(55-53(56-52)36-22-20-31-10-2-4-12-33(31)28-36)34-13-7-14-37(29-34)57-41-17-8-18-42-46(41)47-43(57)24-26-44-48(47)49-45(59-44)25-23-39-38-15-5-6-16-40(38)58(42)50(39)49/h1-28,37H,29H2. The molecule has 5 aromatic heterocycles. The van der Waals surface area contributed by atoms with Crippen LogP contribution in [0.4, 0.5) is 0 Å². The van der Waals surface area contributed by atoms with Crippen molar-refractivity contribution in [2.45, 2.75) is 12.5 Å². The number of aromatic nitrogens is 5. The van der Waals surface area contributed by atoms with Crippen LogP contribution in [0.3, 0.4) is 0 Å². The SMILES string of the molecule is C1=CC(n2c3ccc4sc5ccc6c7ccccc7n7c8cccc2c8c3c4c5c67)CC(c2nc(-c3ccc4ccccc4c3)nc(-c3ccc4ccccc4c3)n2)=C1. The van der Waals surface area contributed by atoms with Crippen LogP contribution in [0.5, 0.6) is 0 Å². The topological polar surface area (TPSA) is 48.0 Å². The van der Waals surface area contributed by atoms with Gasteiger partial charge in [0.25, 0.3) is 0 Å². The van der Waals surface area contributed by atoms with Gasteiger partial charge >= 0.3 is 0 Å². The van der Waals surface area contributed by atoms with Gasteiger partial charge in [-0.25, -0.2) is 15.0 Å². The van der Waals surface area contributed by atoms with Crippen molar-refractivity contribution in [3.8, 4) is 22.8 Å². The summed E-state index contributed by atoms with van der Waals surface area (Å²) in [7, 11) is 0. The third-order valence-corrected chi connectivity index (χ3v) is 13.9. The van der Waals surface area contributed by atoms with E-state index in [2.05, 4.69) is 179 Å². The van der Waals surface area contributed by atoms with Crippen LogP contribution in [0.1, 0.15) is 18.3 Å². The molecule has 8 aromatic carbocycles. The first-order chi connectivity index (χ1) is 29.2. The second-order valence-electron chi connectivity index (χ2n) is 15.9. The van der Waals surface area contributed by atoms with Crippen molar-refractivity contribution in [2.75, 3.05) is 0 Å². The summed E-state index contributed by atoms with van der Waals surface area (Å²) in [5, 5.41) is 12.7. The maximum absolute atomic E-state index is 5.26. The van der Waals surface area contributed by atoms with E-state index in [4.69, 9.17) is 15.0 Å². The Morgan fingerprint density at radius 1 is 0.475 bits per heavy atom. The second kappa shape index (κ2) is 11.6. The highest BCUT2D eigenvalue weighted by atomic mass is 32.1. The molecule has 13 aromatic rings. The second-order valence-corrected chi connectivity index (χ2v) is 17.0. The molecule has 1 atom stereocenters. The highest BCUT2D eigenvalue weighted by Gasteiger charge is 2.28. The van der Waals surface area contributed by atoms with E-state index in [-0.39, 0.29) is 6.04 Å². The maximum atomic E-state index is 5.26. The Balaban J connectivity index is 0.973. The van der Waals surface area contributed by atoms with Crippen molar-refractivity contribution < 1.29 is 0 Å². The molecule has 14 rings (SSSR count). The molecule has 274 valence electrons. The quantitative estimate of drug-likeness (QED) is 0.179. The minimum absolute atomic E-state index is 0.0397. The fraction of sp³-hybridized carbons (Fsp3) is 0.0377. The molecular weight excluding hydrogens is 739 g/mol. The van der Waals surface area contributed by atoms with Crippen LogP contribution in [0, 0.1) is 0 Å². The number of hydrogen-bond donors (Lipinski definition) is 0. The minimum atomic E-state index is 0.0397. The van der Waals surface area contributed by atoms with E-state index < -0.39 is 0 Å². The normalized spacial score (nSPS) is 14.9. The van der Waals surface area contributed by atoms with Crippen molar-refractivity contribution in [2.24, 2.45) is 0 Å². The molecule has 0 saturated carbocycles. The van der Waals surface area contributed by atoms with Gasteiger partial charge in [0.2, 0.25) is 0 Å². The van der Waals surface area contributed by atoms with Crippen LogP contribution in [-0.4, -0.2) is 23.9 Å². The van der Waals surface area contributed by atoms with Gasteiger partial charge < -0.3 is 8.97 Å². The van der Waals surface area contributed by atoms with Crippen molar-refractivity contribution in [3.05, 3.63) is 176 Å². The van der Waals surface area contributed by atoms with E-state index in [9.17, 15) is 0 Å². The van der Waals surface area contributed by atoms with Crippen molar-refractivity contribution >= 4 is 108 Å². The molecular formula is C53H31N5S. The smallest absolute Gasteiger partial charge is 0.164 e. The average Bonchev–Trinajstić information content (AvgIpc) is 3.93. The van der Waals surface area contributed by atoms with E-state index >= 15 is 0 Å².